The number of hydrogen-bond acceptors (Lipinski definition) is 3. The minimum absolute atomic E-state index is 0.102. The maximum Gasteiger partial charge on any atom is 0.155 e. The van der Waals surface area contributed by atoms with Crippen molar-refractivity contribution < 1.29 is 9.32 Å². The number of hydrogen-bond donors (Lipinski definition) is 2. The molecule has 1 atom stereocenters. The van der Waals surface area contributed by atoms with Crippen molar-refractivity contribution in [2.75, 3.05) is 19.8 Å². The molecule has 0 heterocycles. The molecule has 0 spiro atoms. The molecule has 3 N–H and O–H groups in total. The van der Waals surface area contributed by atoms with Crippen molar-refractivity contribution in [1.29, 1.82) is 0 Å². The summed E-state index contributed by atoms with van der Waals surface area (Å²) >= 11 is 0. The zero-order valence-electron chi connectivity index (χ0n) is 7.52. The second-order valence-corrected chi connectivity index (χ2v) is 4.42. The number of nitrogens with two attached hydrogens (primary N) is 1. The molecule has 0 fully saturated rings. The van der Waals surface area contributed by atoms with Gasteiger partial charge in [0.15, 0.2) is 5.75 Å². The van der Waals surface area contributed by atoms with Gasteiger partial charge in [-0.2, -0.15) is 0 Å². The SMILES string of the molecule is CN(C)S(=O)c1cccc(N)c1O. The van der Waals surface area contributed by atoms with Crippen molar-refractivity contribution in [2.24, 2.45) is 0 Å². The lowest BCUT2D eigenvalue weighted by molar-refractivity contribution is 0.462. The fourth-order valence-corrected chi connectivity index (χ4v) is 1.75. The number of rotatable bonds is 2. The molecule has 1 unspecified atom stereocenters. The third-order valence-corrected chi connectivity index (χ3v) is 2.92. The van der Waals surface area contributed by atoms with Gasteiger partial charge in [0.2, 0.25) is 0 Å². The van der Waals surface area contributed by atoms with Crippen LogP contribution < -0.4 is 5.73 Å². The van der Waals surface area contributed by atoms with Gasteiger partial charge in [-0.15, -0.1) is 0 Å². The van der Waals surface area contributed by atoms with Crippen molar-refractivity contribution in [2.45, 2.75) is 4.90 Å². The Morgan fingerprint density at radius 1 is 1.46 bits per heavy atom. The average Bonchev–Trinajstić information content (AvgIpc) is 2.08. The summed E-state index contributed by atoms with van der Waals surface area (Å²) in [5.41, 5.74) is 5.70. The summed E-state index contributed by atoms with van der Waals surface area (Å²) in [6.45, 7) is 0. The molecule has 0 saturated carbocycles. The fourth-order valence-electron chi connectivity index (χ4n) is 0.877. The largest absolute Gasteiger partial charge is 0.505 e. The number of phenolic OH excluding ortho intramolecular Hbond substituents is 1. The Hall–Kier alpha value is -1.07. The highest BCUT2D eigenvalue weighted by Crippen LogP contribution is 2.27. The Morgan fingerprint density at radius 2 is 2.08 bits per heavy atom. The summed E-state index contributed by atoms with van der Waals surface area (Å²) in [7, 11) is 1.98. The van der Waals surface area contributed by atoms with Crippen molar-refractivity contribution in [3.05, 3.63) is 18.2 Å². The minimum Gasteiger partial charge on any atom is -0.505 e. The molecule has 0 aliphatic rings. The molecule has 4 nitrogen and oxygen atoms in total. The van der Waals surface area contributed by atoms with E-state index >= 15 is 0 Å². The van der Waals surface area contributed by atoms with Crippen molar-refractivity contribution in [1.82, 2.24) is 4.31 Å². The lowest BCUT2D eigenvalue weighted by atomic mass is 10.3. The first-order valence-electron chi connectivity index (χ1n) is 3.70. The van der Waals surface area contributed by atoms with E-state index in [0.717, 1.165) is 0 Å². The number of aromatic hydroxyl groups is 1. The summed E-state index contributed by atoms with van der Waals surface area (Å²) in [4.78, 5) is 0.338. The Kier molecular flexibility index (Phi) is 2.90. The third kappa shape index (κ3) is 1.99. The third-order valence-electron chi connectivity index (χ3n) is 1.55. The van der Waals surface area contributed by atoms with E-state index in [1.165, 1.54) is 4.31 Å². The summed E-state index contributed by atoms with van der Waals surface area (Å²) < 4.78 is 13.0. The van der Waals surface area contributed by atoms with Gasteiger partial charge >= 0.3 is 0 Å². The van der Waals surface area contributed by atoms with Crippen molar-refractivity contribution in [3.63, 3.8) is 0 Å². The van der Waals surface area contributed by atoms with Gasteiger partial charge in [-0.25, -0.2) is 8.51 Å². The van der Waals surface area contributed by atoms with E-state index in [4.69, 9.17) is 5.73 Å². The van der Waals surface area contributed by atoms with E-state index in [9.17, 15) is 9.32 Å². The van der Waals surface area contributed by atoms with Gasteiger partial charge in [0.25, 0.3) is 0 Å². The van der Waals surface area contributed by atoms with Crippen LogP contribution in [-0.2, 0) is 11.0 Å². The first-order chi connectivity index (χ1) is 6.04. The molecule has 0 radical (unpaired) electrons. The van der Waals surface area contributed by atoms with Gasteiger partial charge in [0, 0.05) is 0 Å². The van der Waals surface area contributed by atoms with Gasteiger partial charge < -0.3 is 10.8 Å². The second-order valence-electron chi connectivity index (χ2n) is 2.76. The number of phenols is 1. The van der Waals surface area contributed by atoms with Crippen LogP contribution in [0.25, 0.3) is 0 Å². The van der Waals surface area contributed by atoms with E-state index in [0.29, 0.717) is 4.90 Å². The lowest BCUT2D eigenvalue weighted by Gasteiger charge is -2.11. The van der Waals surface area contributed by atoms with E-state index < -0.39 is 11.0 Å². The highest BCUT2D eigenvalue weighted by atomic mass is 32.2. The summed E-state index contributed by atoms with van der Waals surface area (Å²) in [5, 5.41) is 9.47. The monoisotopic (exact) mass is 200 g/mol. The lowest BCUT2D eigenvalue weighted by Crippen LogP contribution is -2.15. The van der Waals surface area contributed by atoms with Crippen LogP contribution in [0.2, 0.25) is 0 Å². The molecule has 0 aliphatic heterocycles. The molecule has 0 aromatic heterocycles. The molecule has 1 aromatic carbocycles. The highest BCUT2D eigenvalue weighted by Gasteiger charge is 2.12. The Balaban J connectivity index is 3.15. The van der Waals surface area contributed by atoms with Crippen molar-refractivity contribution in [3.8, 4) is 5.75 Å². The Morgan fingerprint density at radius 3 is 2.62 bits per heavy atom. The molecule has 0 aliphatic carbocycles. The first-order valence-corrected chi connectivity index (χ1v) is 4.81. The Labute approximate surface area is 79.6 Å². The average molecular weight is 200 g/mol. The predicted molar refractivity (Wildman–Crippen MR) is 52.6 cm³/mol. The number of para-hydroxylation sites is 1. The highest BCUT2D eigenvalue weighted by molar-refractivity contribution is 7.82. The smallest absolute Gasteiger partial charge is 0.155 e. The molecule has 1 aromatic rings. The van der Waals surface area contributed by atoms with Gasteiger partial charge in [0.05, 0.1) is 10.6 Å². The summed E-state index contributed by atoms with van der Waals surface area (Å²) in [5.74, 6) is -0.102. The zero-order chi connectivity index (χ0) is 10.0. The standard InChI is InChI=1S/C8H12N2O2S/c1-10(2)13(12)7-5-3-4-6(9)8(7)11/h3-5,11H,9H2,1-2H3. The van der Waals surface area contributed by atoms with Crippen LogP contribution >= 0.6 is 0 Å². The number of anilines is 1. The number of nitrogens with zero attached hydrogens (tertiary/aromatic N) is 1. The number of benzene rings is 1. The van der Waals surface area contributed by atoms with Crippen LogP contribution in [0.15, 0.2) is 23.1 Å². The zero-order valence-corrected chi connectivity index (χ0v) is 8.34. The molecular formula is C8H12N2O2S. The van der Waals surface area contributed by atoms with E-state index in [1.807, 2.05) is 0 Å². The molecule has 0 bridgehead atoms. The van der Waals surface area contributed by atoms with Gasteiger partial charge in [-0.05, 0) is 26.2 Å². The van der Waals surface area contributed by atoms with Crippen LogP contribution in [0.4, 0.5) is 5.69 Å². The normalized spacial score (nSPS) is 13.2. The van der Waals surface area contributed by atoms with E-state index in [2.05, 4.69) is 0 Å². The molecular weight excluding hydrogens is 188 g/mol. The minimum atomic E-state index is -1.35. The molecule has 0 amide bonds. The second kappa shape index (κ2) is 3.76. The van der Waals surface area contributed by atoms with E-state index in [-0.39, 0.29) is 11.4 Å². The molecule has 1 rings (SSSR count). The summed E-state index contributed by atoms with van der Waals surface area (Å²) in [6.07, 6.45) is 0. The number of nitrogen functional groups attached to an aromatic ring is 1. The summed E-state index contributed by atoms with van der Waals surface area (Å²) in [6, 6.07) is 4.80. The van der Waals surface area contributed by atoms with E-state index in [1.54, 1.807) is 32.3 Å². The first kappa shape index (κ1) is 10.0. The van der Waals surface area contributed by atoms with Gasteiger partial charge in [-0.3, -0.25) is 0 Å². The van der Waals surface area contributed by atoms with Crippen LogP contribution in [0.3, 0.4) is 0 Å². The quantitative estimate of drug-likeness (QED) is 0.541. The van der Waals surface area contributed by atoms with Crippen LogP contribution in [0, 0.1) is 0 Å². The molecule has 72 valence electrons. The van der Waals surface area contributed by atoms with Gasteiger partial charge in [0.1, 0.15) is 11.0 Å². The maximum absolute atomic E-state index is 11.5. The van der Waals surface area contributed by atoms with Crippen LogP contribution in [0.5, 0.6) is 5.75 Å². The molecule has 0 saturated heterocycles. The van der Waals surface area contributed by atoms with Gasteiger partial charge in [-0.1, -0.05) is 6.07 Å². The van der Waals surface area contributed by atoms with Crippen molar-refractivity contribution >= 4 is 16.7 Å². The van der Waals surface area contributed by atoms with Crippen LogP contribution in [0.1, 0.15) is 0 Å². The molecule has 5 heteroatoms. The molecule has 13 heavy (non-hydrogen) atoms. The van der Waals surface area contributed by atoms with Crippen LogP contribution in [-0.4, -0.2) is 27.7 Å². The maximum atomic E-state index is 11.5. The fraction of sp³-hybridized carbons (Fsp3) is 0.250. The predicted octanol–water partition coefficient (Wildman–Crippen LogP) is 0.559. The Bertz CT molecular complexity index is 339. The topological polar surface area (TPSA) is 66.6 Å².